The van der Waals surface area contributed by atoms with Gasteiger partial charge in [-0.1, -0.05) is 0 Å². The maximum Gasteiger partial charge on any atom is 0.136 e. The Morgan fingerprint density at radius 3 is 2.56 bits per heavy atom. The highest BCUT2D eigenvalue weighted by atomic mass is 79.9. The molecule has 1 N–H and O–H groups in total. The van der Waals surface area contributed by atoms with Crippen LogP contribution in [-0.4, -0.2) is 14.3 Å². The second-order valence-electron chi connectivity index (χ2n) is 4.64. The maximum atomic E-state index is 11.8. The molecule has 0 fully saturated rings. The minimum atomic E-state index is -1.04. The number of nitrogens with one attached hydrogen (secondary N) is 1. The fourth-order valence-electron chi connectivity index (χ4n) is 1.16. The van der Waals surface area contributed by atoms with Gasteiger partial charge in [0, 0.05) is 17.1 Å². The molecule has 0 aliphatic heterocycles. The van der Waals surface area contributed by atoms with Gasteiger partial charge < -0.3 is 4.55 Å². The molecule has 1 aromatic heterocycles. The van der Waals surface area contributed by atoms with Crippen LogP contribution in [0, 0.1) is 6.92 Å². The van der Waals surface area contributed by atoms with Crippen LogP contribution in [0.15, 0.2) is 16.7 Å². The Kier molecular flexibility index (Phi) is 4.79. The molecule has 0 saturated carbocycles. The van der Waals surface area contributed by atoms with Gasteiger partial charge in [0.25, 0.3) is 0 Å². The third-order valence-electron chi connectivity index (χ3n) is 1.95. The van der Waals surface area contributed by atoms with Gasteiger partial charge in [-0.15, -0.1) is 4.72 Å². The molecule has 1 rings (SSSR count). The summed E-state index contributed by atoms with van der Waals surface area (Å²) in [6.07, 6.45) is 0. The van der Waals surface area contributed by atoms with Gasteiger partial charge in [-0.2, -0.15) is 0 Å². The van der Waals surface area contributed by atoms with E-state index < -0.39 is 11.4 Å². The van der Waals surface area contributed by atoms with Gasteiger partial charge >= 0.3 is 0 Å². The van der Waals surface area contributed by atoms with Crippen molar-refractivity contribution >= 4 is 27.3 Å². The first-order chi connectivity index (χ1) is 7.29. The summed E-state index contributed by atoms with van der Waals surface area (Å²) in [4.78, 5) is 4.22. The molecule has 0 aliphatic rings. The highest BCUT2D eigenvalue weighted by Crippen LogP contribution is 2.15. The largest absolute Gasteiger partial charge is 0.598 e. The molecule has 0 bridgehead atoms. The lowest BCUT2D eigenvalue weighted by Gasteiger charge is -2.23. The van der Waals surface area contributed by atoms with Gasteiger partial charge in [0.1, 0.15) is 9.35 Å². The van der Waals surface area contributed by atoms with Crippen molar-refractivity contribution in [1.29, 1.82) is 0 Å². The number of aryl methyl sites for hydroxylation is 1. The van der Waals surface area contributed by atoms with Gasteiger partial charge in [0.05, 0.1) is 6.54 Å². The number of halogens is 1. The molecule has 16 heavy (non-hydrogen) atoms. The van der Waals surface area contributed by atoms with E-state index in [0.717, 1.165) is 15.9 Å². The summed E-state index contributed by atoms with van der Waals surface area (Å²) in [7, 11) is 0. The van der Waals surface area contributed by atoms with Crippen molar-refractivity contribution in [3.63, 3.8) is 0 Å². The van der Waals surface area contributed by atoms with Crippen LogP contribution in [-0.2, 0) is 17.9 Å². The van der Waals surface area contributed by atoms with Gasteiger partial charge in [-0.3, -0.25) is 0 Å². The third-order valence-corrected chi connectivity index (χ3v) is 3.87. The molecule has 0 amide bonds. The zero-order valence-corrected chi connectivity index (χ0v) is 12.4. The molecular formula is C11H17BrN2OS. The second kappa shape index (κ2) is 5.49. The van der Waals surface area contributed by atoms with E-state index in [9.17, 15) is 4.55 Å². The van der Waals surface area contributed by atoms with Gasteiger partial charge in [-0.05, 0) is 61.3 Å². The van der Waals surface area contributed by atoms with E-state index in [0.29, 0.717) is 6.54 Å². The fraction of sp³-hybridized carbons (Fsp3) is 0.545. The summed E-state index contributed by atoms with van der Waals surface area (Å²) in [6.45, 7) is 8.37. The van der Waals surface area contributed by atoms with Crippen molar-refractivity contribution < 1.29 is 4.55 Å². The standard InChI is InChI=1S/C11H17BrN2OS/c1-8-5-9(6-10(12)14-8)7-13-16(15)11(2,3)4/h5-6,13H,7H2,1-4H3. The van der Waals surface area contributed by atoms with Crippen LogP contribution < -0.4 is 4.72 Å². The Morgan fingerprint density at radius 1 is 1.44 bits per heavy atom. The van der Waals surface area contributed by atoms with Gasteiger partial charge in [0.2, 0.25) is 0 Å². The predicted molar refractivity (Wildman–Crippen MR) is 71.4 cm³/mol. The molecule has 0 saturated heterocycles. The molecule has 3 nitrogen and oxygen atoms in total. The minimum Gasteiger partial charge on any atom is -0.598 e. The van der Waals surface area contributed by atoms with E-state index in [1.807, 2.05) is 39.8 Å². The first kappa shape index (κ1) is 14.0. The van der Waals surface area contributed by atoms with E-state index in [2.05, 4.69) is 25.6 Å². The second-order valence-corrected chi connectivity index (χ2v) is 7.51. The number of hydrogen-bond acceptors (Lipinski definition) is 3. The summed E-state index contributed by atoms with van der Waals surface area (Å²) in [5.74, 6) is 0. The molecule has 90 valence electrons. The van der Waals surface area contributed by atoms with Crippen molar-refractivity contribution in [2.45, 2.75) is 39.0 Å². The van der Waals surface area contributed by atoms with Crippen LogP contribution in [0.3, 0.4) is 0 Å². The van der Waals surface area contributed by atoms with E-state index in [-0.39, 0.29) is 4.75 Å². The molecule has 1 atom stereocenters. The van der Waals surface area contributed by atoms with Crippen molar-refractivity contribution in [1.82, 2.24) is 9.71 Å². The summed E-state index contributed by atoms with van der Waals surface area (Å²) in [5, 5.41) is 0. The number of aromatic nitrogens is 1. The highest BCUT2D eigenvalue weighted by molar-refractivity contribution is 9.10. The Morgan fingerprint density at radius 2 is 2.06 bits per heavy atom. The van der Waals surface area contributed by atoms with Gasteiger partial charge in [-0.25, -0.2) is 4.98 Å². The number of nitrogens with zero attached hydrogens (tertiary/aromatic N) is 1. The first-order valence-electron chi connectivity index (χ1n) is 5.07. The van der Waals surface area contributed by atoms with Crippen LogP contribution in [0.25, 0.3) is 0 Å². The van der Waals surface area contributed by atoms with Crippen molar-refractivity contribution in [3.8, 4) is 0 Å². The third kappa shape index (κ3) is 4.41. The summed E-state index contributed by atoms with van der Waals surface area (Å²) < 4.78 is 15.4. The Hall–Kier alpha value is -0.100. The minimum absolute atomic E-state index is 0.237. The zero-order valence-electron chi connectivity index (χ0n) is 10.0. The van der Waals surface area contributed by atoms with E-state index >= 15 is 0 Å². The lowest BCUT2D eigenvalue weighted by atomic mass is 10.2. The van der Waals surface area contributed by atoms with Crippen LogP contribution in [0.1, 0.15) is 32.0 Å². The molecule has 1 unspecified atom stereocenters. The predicted octanol–water partition coefficient (Wildman–Crippen LogP) is 2.70. The molecule has 0 spiro atoms. The lowest BCUT2D eigenvalue weighted by molar-refractivity contribution is 0.544. The zero-order chi connectivity index (χ0) is 12.3. The molecule has 0 aromatic carbocycles. The lowest BCUT2D eigenvalue weighted by Crippen LogP contribution is -2.38. The summed E-state index contributed by atoms with van der Waals surface area (Å²) >= 11 is 2.31. The monoisotopic (exact) mass is 304 g/mol. The highest BCUT2D eigenvalue weighted by Gasteiger charge is 2.25. The van der Waals surface area contributed by atoms with Crippen molar-refractivity contribution in [3.05, 3.63) is 28.0 Å². The van der Waals surface area contributed by atoms with Gasteiger partial charge in [0.15, 0.2) is 0 Å². The molecule has 5 heteroatoms. The molecular weight excluding hydrogens is 288 g/mol. The van der Waals surface area contributed by atoms with Crippen LogP contribution in [0.2, 0.25) is 0 Å². The summed E-state index contributed by atoms with van der Waals surface area (Å²) in [6, 6.07) is 3.91. The topological polar surface area (TPSA) is 48.0 Å². The molecule has 1 aromatic rings. The SMILES string of the molecule is Cc1cc(CN[S+]([O-])C(C)(C)C)cc(Br)n1. The molecule has 1 heterocycles. The van der Waals surface area contributed by atoms with Crippen LogP contribution in [0.5, 0.6) is 0 Å². The first-order valence-corrected chi connectivity index (χ1v) is 7.02. The number of hydrogen-bond donors (Lipinski definition) is 1. The van der Waals surface area contributed by atoms with Crippen LogP contribution >= 0.6 is 15.9 Å². The number of pyridine rings is 1. The summed E-state index contributed by atoms with van der Waals surface area (Å²) in [5.41, 5.74) is 2.03. The van der Waals surface area contributed by atoms with E-state index in [4.69, 9.17) is 0 Å². The maximum absolute atomic E-state index is 11.8. The Balaban J connectivity index is 2.61. The van der Waals surface area contributed by atoms with Crippen LogP contribution in [0.4, 0.5) is 0 Å². The van der Waals surface area contributed by atoms with Crippen molar-refractivity contribution in [2.24, 2.45) is 0 Å². The normalized spacial score (nSPS) is 13.9. The Labute approximate surface area is 108 Å². The van der Waals surface area contributed by atoms with E-state index in [1.54, 1.807) is 0 Å². The Bertz CT molecular complexity index is 345. The van der Waals surface area contributed by atoms with E-state index in [1.165, 1.54) is 0 Å². The average molecular weight is 305 g/mol. The quantitative estimate of drug-likeness (QED) is 0.690. The average Bonchev–Trinajstić information content (AvgIpc) is 2.11. The van der Waals surface area contributed by atoms with Crippen molar-refractivity contribution in [2.75, 3.05) is 0 Å². The smallest absolute Gasteiger partial charge is 0.136 e. The number of rotatable bonds is 3. The molecule has 0 radical (unpaired) electrons. The molecule has 0 aliphatic carbocycles. The fourth-order valence-corrected chi connectivity index (χ4v) is 2.47.